The van der Waals surface area contributed by atoms with Gasteiger partial charge in [-0.05, 0) is 30.3 Å². The Kier molecular flexibility index (Phi) is 6.30. The lowest BCUT2D eigenvalue weighted by molar-refractivity contribution is -0.119. The van der Waals surface area contributed by atoms with E-state index in [1.165, 1.54) is 11.3 Å². The lowest BCUT2D eigenvalue weighted by Gasteiger charge is -2.09. The van der Waals surface area contributed by atoms with E-state index in [9.17, 15) is 9.59 Å². The molecule has 0 aliphatic carbocycles. The van der Waals surface area contributed by atoms with Gasteiger partial charge in [-0.1, -0.05) is 12.1 Å². The Morgan fingerprint density at radius 1 is 1.10 bits per heavy atom. The largest absolute Gasteiger partial charge is 0.497 e. The summed E-state index contributed by atoms with van der Waals surface area (Å²) in [6, 6.07) is 12.0. The van der Waals surface area contributed by atoms with Gasteiger partial charge >= 0.3 is 0 Å². The Hall–Kier alpha value is -3.59. The number of nitrogens with zero attached hydrogens (tertiary/aromatic N) is 1. The summed E-state index contributed by atoms with van der Waals surface area (Å²) >= 11 is 1.27. The van der Waals surface area contributed by atoms with Gasteiger partial charge < -0.3 is 19.9 Å². The van der Waals surface area contributed by atoms with Gasteiger partial charge in [0, 0.05) is 10.9 Å². The van der Waals surface area contributed by atoms with Gasteiger partial charge in [0.2, 0.25) is 0 Å². The van der Waals surface area contributed by atoms with Gasteiger partial charge in [0.15, 0.2) is 11.7 Å². The van der Waals surface area contributed by atoms with Gasteiger partial charge in [-0.2, -0.15) is 0 Å². The van der Waals surface area contributed by atoms with Crippen LogP contribution in [0.3, 0.4) is 0 Å². The Labute approximate surface area is 171 Å². The molecule has 150 valence electrons. The molecule has 0 spiro atoms. The minimum atomic E-state index is -0.628. The van der Waals surface area contributed by atoms with E-state index in [4.69, 9.17) is 19.9 Å². The zero-order valence-electron chi connectivity index (χ0n) is 15.8. The van der Waals surface area contributed by atoms with E-state index < -0.39 is 11.8 Å². The summed E-state index contributed by atoms with van der Waals surface area (Å²) in [5, 5.41) is 4.95. The first-order valence-corrected chi connectivity index (χ1v) is 9.39. The average Bonchev–Trinajstić information content (AvgIpc) is 3.20. The summed E-state index contributed by atoms with van der Waals surface area (Å²) in [4.78, 5) is 28.1. The van der Waals surface area contributed by atoms with Gasteiger partial charge in [-0.3, -0.25) is 14.9 Å². The molecule has 2 aromatic carbocycles. The van der Waals surface area contributed by atoms with Crippen molar-refractivity contribution in [2.75, 3.05) is 26.1 Å². The van der Waals surface area contributed by atoms with Crippen molar-refractivity contribution < 1.29 is 23.8 Å². The van der Waals surface area contributed by atoms with Crippen molar-refractivity contribution in [3.05, 3.63) is 53.4 Å². The monoisotopic (exact) mass is 413 g/mol. The van der Waals surface area contributed by atoms with Crippen LogP contribution in [0.1, 0.15) is 10.4 Å². The van der Waals surface area contributed by atoms with Crippen molar-refractivity contribution in [3.63, 3.8) is 0 Å². The van der Waals surface area contributed by atoms with Crippen LogP contribution in [0.25, 0.3) is 11.3 Å². The molecule has 0 aliphatic rings. The number of amides is 2. The Bertz CT molecular complexity index is 1030. The topological polar surface area (TPSA) is 113 Å². The molecule has 29 heavy (non-hydrogen) atoms. The molecule has 0 atom stereocenters. The molecule has 0 radical (unpaired) electrons. The zero-order valence-corrected chi connectivity index (χ0v) is 16.6. The second-order valence-electron chi connectivity index (χ2n) is 5.81. The molecule has 0 fully saturated rings. The summed E-state index contributed by atoms with van der Waals surface area (Å²) in [7, 11) is 3.15. The molecule has 1 aromatic heterocycles. The first kappa shape index (κ1) is 20.2. The number of ether oxygens (including phenoxy) is 3. The van der Waals surface area contributed by atoms with Gasteiger partial charge in [-0.25, -0.2) is 4.98 Å². The number of methoxy groups -OCH3 is 2. The van der Waals surface area contributed by atoms with E-state index in [-0.39, 0.29) is 17.9 Å². The predicted octanol–water partition coefficient (Wildman–Crippen LogP) is 2.94. The van der Waals surface area contributed by atoms with Crippen LogP contribution in [0.2, 0.25) is 0 Å². The number of nitrogens with one attached hydrogen (secondary N) is 1. The first-order chi connectivity index (χ1) is 14.0. The van der Waals surface area contributed by atoms with Crippen LogP contribution in [0, 0.1) is 0 Å². The SMILES string of the molecule is COc1ccc(OC)c(-c2csc(NC(=O)c3ccccc3OCC(N)=O)n2)c1. The molecule has 9 heteroatoms. The maximum absolute atomic E-state index is 12.7. The molecule has 3 rings (SSSR count). The van der Waals surface area contributed by atoms with Gasteiger partial charge in [-0.15, -0.1) is 11.3 Å². The number of primary amides is 1. The van der Waals surface area contributed by atoms with Crippen LogP contribution < -0.4 is 25.3 Å². The minimum absolute atomic E-state index is 0.259. The number of aromatic nitrogens is 1. The van der Waals surface area contributed by atoms with Crippen molar-refractivity contribution in [1.29, 1.82) is 0 Å². The lowest BCUT2D eigenvalue weighted by atomic mass is 10.1. The fraction of sp³-hybridized carbons (Fsp3) is 0.150. The fourth-order valence-corrected chi connectivity index (χ4v) is 3.27. The second-order valence-corrected chi connectivity index (χ2v) is 6.67. The number of anilines is 1. The van der Waals surface area contributed by atoms with Crippen molar-refractivity contribution in [3.8, 4) is 28.5 Å². The molecule has 1 heterocycles. The smallest absolute Gasteiger partial charge is 0.261 e. The number of para-hydroxylation sites is 1. The van der Waals surface area contributed by atoms with Crippen LogP contribution in [0.4, 0.5) is 5.13 Å². The number of nitrogens with two attached hydrogens (primary N) is 1. The summed E-state index contributed by atoms with van der Waals surface area (Å²) in [6.45, 7) is -0.318. The van der Waals surface area contributed by atoms with Crippen LogP contribution >= 0.6 is 11.3 Å². The average molecular weight is 413 g/mol. The maximum atomic E-state index is 12.7. The number of thiazole rings is 1. The number of carbonyl (C=O) groups is 2. The standard InChI is InChI=1S/C20H19N3O5S/c1-26-12-7-8-16(27-2)14(9-12)15-11-29-20(22-15)23-19(25)13-5-3-4-6-17(13)28-10-18(21)24/h3-9,11H,10H2,1-2H3,(H2,21,24)(H,22,23,25). The molecule has 0 saturated carbocycles. The highest BCUT2D eigenvalue weighted by Gasteiger charge is 2.16. The summed E-state index contributed by atoms with van der Waals surface area (Å²) in [6.07, 6.45) is 0. The number of benzene rings is 2. The molecule has 0 unspecified atom stereocenters. The Morgan fingerprint density at radius 3 is 2.62 bits per heavy atom. The molecule has 0 aliphatic heterocycles. The fourth-order valence-electron chi connectivity index (χ4n) is 2.56. The number of hydrogen-bond donors (Lipinski definition) is 2. The van der Waals surface area contributed by atoms with Crippen LogP contribution in [-0.2, 0) is 4.79 Å². The molecular weight excluding hydrogens is 394 g/mol. The van der Waals surface area contributed by atoms with Gasteiger partial charge in [0.05, 0.1) is 25.5 Å². The Balaban J connectivity index is 1.81. The zero-order chi connectivity index (χ0) is 20.8. The van der Waals surface area contributed by atoms with Gasteiger partial charge in [0.25, 0.3) is 11.8 Å². The van der Waals surface area contributed by atoms with Crippen LogP contribution in [-0.4, -0.2) is 37.6 Å². The summed E-state index contributed by atoms with van der Waals surface area (Å²) in [5.41, 5.74) is 6.75. The van der Waals surface area contributed by atoms with Crippen molar-refractivity contribution in [1.82, 2.24) is 4.98 Å². The highest BCUT2D eigenvalue weighted by atomic mass is 32.1. The molecule has 3 aromatic rings. The van der Waals surface area contributed by atoms with E-state index in [2.05, 4.69) is 10.3 Å². The third-order valence-corrected chi connectivity index (χ3v) is 4.67. The molecule has 0 saturated heterocycles. The maximum Gasteiger partial charge on any atom is 0.261 e. The van der Waals surface area contributed by atoms with E-state index in [1.807, 2.05) is 11.4 Å². The number of hydrogen-bond acceptors (Lipinski definition) is 7. The third kappa shape index (κ3) is 4.82. The quantitative estimate of drug-likeness (QED) is 0.587. The lowest BCUT2D eigenvalue weighted by Crippen LogP contribution is -2.21. The van der Waals surface area contributed by atoms with Crippen molar-refractivity contribution >= 4 is 28.3 Å². The number of carbonyl (C=O) groups excluding carboxylic acids is 2. The molecular formula is C20H19N3O5S. The first-order valence-electron chi connectivity index (χ1n) is 8.51. The molecule has 2 amide bonds. The van der Waals surface area contributed by atoms with Gasteiger partial charge in [0.1, 0.15) is 17.2 Å². The van der Waals surface area contributed by atoms with Crippen LogP contribution in [0.5, 0.6) is 17.2 Å². The van der Waals surface area contributed by atoms with E-state index in [1.54, 1.807) is 50.6 Å². The van der Waals surface area contributed by atoms with E-state index in [0.29, 0.717) is 22.3 Å². The second kappa shape index (κ2) is 9.07. The Morgan fingerprint density at radius 2 is 1.90 bits per heavy atom. The van der Waals surface area contributed by atoms with Crippen molar-refractivity contribution in [2.45, 2.75) is 0 Å². The highest BCUT2D eigenvalue weighted by Crippen LogP contribution is 2.35. The molecule has 3 N–H and O–H groups in total. The van der Waals surface area contributed by atoms with E-state index in [0.717, 1.165) is 5.56 Å². The molecule has 8 nitrogen and oxygen atoms in total. The van der Waals surface area contributed by atoms with Crippen molar-refractivity contribution in [2.24, 2.45) is 5.73 Å². The number of rotatable bonds is 8. The minimum Gasteiger partial charge on any atom is -0.497 e. The summed E-state index contributed by atoms with van der Waals surface area (Å²) in [5.74, 6) is 0.523. The molecule has 0 bridgehead atoms. The van der Waals surface area contributed by atoms with E-state index >= 15 is 0 Å². The normalized spacial score (nSPS) is 10.3. The summed E-state index contributed by atoms with van der Waals surface area (Å²) < 4.78 is 16.0. The predicted molar refractivity (Wildman–Crippen MR) is 110 cm³/mol. The highest BCUT2D eigenvalue weighted by molar-refractivity contribution is 7.14. The van der Waals surface area contributed by atoms with Crippen LogP contribution in [0.15, 0.2) is 47.8 Å². The third-order valence-electron chi connectivity index (χ3n) is 3.91.